The molecule has 0 aromatic rings. The van der Waals surface area contributed by atoms with Crippen molar-refractivity contribution in [3.63, 3.8) is 0 Å². The van der Waals surface area contributed by atoms with Crippen LogP contribution in [0, 0.1) is 5.92 Å². The van der Waals surface area contributed by atoms with Crippen LogP contribution in [-0.4, -0.2) is 23.9 Å². The third-order valence-electron chi connectivity index (χ3n) is 3.39. The average molecular weight is 193 g/mol. The van der Waals surface area contributed by atoms with E-state index in [-0.39, 0.29) is 0 Å². The van der Waals surface area contributed by atoms with Crippen LogP contribution in [0.5, 0.6) is 0 Å². The first-order valence-corrected chi connectivity index (χ1v) is 5.70. The molecule has 2 heteroatoms. The standard InChI is InChI=1S/C12H19NO/c1-10-4-2-5-11(8-10)9-12(14)13-6-3-7-13/h11H,1-9H2. The van der Waals surface area contributed by atoms with Crippen LogP contribution in [-0.2, 0) is 4.79 Å². The number of rotatable bonds is 2. The lowest BCUT2D eigenvalue weighted by Gasteiger charge is -2.33. The minimum atomic E-state index is 0.371. The summed E-state index contributed by atoms with van der Waals surface area (Å²) < 4.78 is 0. The van der Waals surface area contributed by atoms with Crippen LogP contribution >= 0.6 is 0 Å². The topological polar surface area (TPSA) is 20.3 Å². The molecule has 2 aliphatic rings. The molecule has 1 unspecified atom stereocenters. The minimum Gasteiger partial charge on any atom is -0.343 e. The first kappa shape index (κ1) is 9.75. The minimum absolute atomic E-state index is 0.371. The van der Waals surface area contributed by atoms with E-state index < -0.39 is 0 Å². The zero-order valence-corrected chi connectivity index (χ0v) is 8.80. The van der Waals surface area contributed by atoms with E-state index in [0.717, 1.165) is 25.9 Å². The van der Waals surface area contributed by atoms with Crippen molar-refractivity contribution in [1.82, 2.24) is 4.90 Å². The van der Waals surface area contributed by atoms with E-state index in [4.69, 9.17) is 0 Å². The van der Waals surface area contributed by atoms with Gasteiger partial charge in [0.05, 0.1) is 0 Å². The van der Waals surface area contributed by atoms with Crippen molar-refractivity contribution >= 4 is 5.91 Å². The third-order valence-corrected chi connectivity index (χ3v) is 3.39. The lowest BCUT2D eigenvalue weighted by atomic mass is 9.84. The second-order valence-corrected chi connectivity index (χ2v) is 4.65. The van der Waals surface area contributed by atoms with Crippen LogP contribution in [0.25, 0.3) is 0 Å². The van der Waals surface area contributed by atoms with Crippen LogP contribution in [0.1, 0.15) is 38.5 Å². The van der Waals surface area contributed by atoms with Gasteiger partial charge in [-0.1, -0.05) is 12.2 Å². The molecule has 1 saturated heterocycles. The molecule has 0 aromatic carbocycles. The zero-order valence-electron chi connectivity index (χ0n) is 8.80. The number of hydrogen-bond donors (Lipinski definition) is 0. The SMILES string of the molecule is C=C1CCCC(CC(=O)N2CCC2)C1. The predicted molar refractivity (Wildman–Crippen MR) is 56.9 cm³/mol. The fourth-order valence-electron chi connectivity index (χ4n) is 2.37. The van der Waals surface area contributed by atoms with Gasteiger partial charge in [-0.3, -0.25) is 4.79 Å². The molecule has 1 saturated carbocycles. The molecule has 0 bridgehead atoms. The molecule has 1 amide bonds. The van der Waals surface area contributed by atoms with Crippen LogP contribution in [0.4, 0.5) is 0 Å². The van der Waals surface area contributed by atoms with Gasteiger partial charge in [-0.2, -0.15) is 0 Å². The molecule has 1 atom stereocenters. The molecule has 0 aromatic heterocycles. The Morgan fingerprint density at radius 3 is 2.79 bits per heavy atom. The second-order valence-electron chi connectivity index (χ2n) is 4.65. The van der Waals surface area contributed by atoms with E-state index in [0.29, 0.717) is 11.8 Å². The molecule has 0 radical (unpaired) electrons. The van der Waals surface area contributed by atoms with E-state index in [9.17, 15) is 4.79 Å². The highest BCUT2D eigenvalue weighted by Crippen LogP contribution is 2.30. The number of amides is 1. The quantitative estimate of drug-likeness (QED) is 0.616. The number of allylic oxidation sites excluding steroid dienone is 1. The average Bonchev–Trinajstić information content (AvgIpc) is 1.99. The number of carbonyl (C=O) groups excluding carboxylic acids is 1. The van der Waals surface area contributed by atoms with Crippen molar-refractivity contribution in [2.75, 3.05) is 13.1 Å². The van der Waals surface area contributed by atoms with Gasteiger partial charge in [0.15, 0.2) is 0 Å². The monoisotopic (exact) mass is 193 g/mol. The van der Waals surface area contributed by atoms with Crippen molar-refractivity contribution in [3.05, 3.63) is 12.2 Å². The largest absolute Gasteiger partial charge is 0.343 e. The highest BCUT2D eigenvalue weighted by Gasteiger charge is 2.24. The first-order valence-electron chi connectivity index (χ1n) is 5.70. The molecule has 14 heavy (non-hydrogen) atoms. The molecule has 78 valence electrons. The summed E-state index contributed by atoms with van der Waals surface area (Å²) >= 11 is 0. The first-order chi connectivity index (χ1) is 6.75. The molecule has 2 rings (SSSR count). The summed E-state index contributed by atoms with van der Waals surface area (Å²) in [5.74, 6) is 0.959. The van der Waals surface area contributed by atoms with E-state index >= 15 is 0 Å². The van der Waals surface area contributed by atoms with Crippen LogP contribution in [0.3, 0.4) is 0 Å². The normalized spacial score (nSPS) is 27.3. The van der Waals surface area contributed by atoms with Crippen LogP contribution < -0.4 is 0 Å². The molecule has 2 nitrogen and oxygen atoms in total. The lowest BCUT2D eigenvalue weighted by Crippen LogP contribution is -2.42. The molecule has 0 N–H and O–H groups in total. The molecule has 2 fully saturated rings. The Hall–Kier alpha value is -0.790. The van der Waals surface area contributed by atoms with Gasteiger partial charge >= 0.3 is 0 Å². The van der Waals surface area contributed by atoms with Gasteiger partial charge in [-0.05, 0) is 38.0 Å². The van der Waals surface area contributed by atoms with Crippen molar-refractivity contribution < 1.29 is 4.79 Å². The smallest absolute Gasteiger partial charge is 0.222 e. The molecular weight excluding hydrogens is 174 g/mol. The Balaban J connectivity index is 1.78. The number of carbonyl (C=O) groups is 1. The highest BCUT2D eigenvalue weighted by atomic mass is 16.2. The highest BCUT2D eigenvalue weighted by molar-refractivity contribution is 5.77. The molecule has 1 aliphatic heterocycles. The van der Waals surface area contributed by atoms with Gasteiger partial charge in [0, 0.05) is 19.5 Å². The Labute approximate surface area is 86.0 Å². The Kier molecular flexibility index (Phi) is 2.90. The predicted octanol–water partition coefficient (Wildman–Crippen LogP) is 2.36. The van der Waals surface area contributed by atoms with Crippen molar-refractivity contribution in [1.29, 1.82) is 0 Å². The number of hydrogen-bond acceptors (Lipinski definition) is 1. The molecular formula is C12H19NO. The van der Waals surface area contributed by atoms with E-state index in [2.05, 4.69) is 6.58 Å². The second kappa shape index (κ2) is 4.16. The number of nitrogens with zero attached hydrogens (tertiary/aromatic N) is 1. The fourth-order valence-corrected chi connectivity index (χ4v) is 2.37. The Morgan fingerprint density at radius 1 is 1.43 bits per heavy atom. The van der Waals surface area contributed by atoms with Gasteiger partial charge < -0.3 is 4.90 Å². The van der Waals surface area contributed by atoms with Gasteiger partial charge in [0.1, 0.15) is 0 Å². The van der Waals surface area contributed by atoms with Crippen LogP contribution in [0.2, 0.25) is 0 Å². The summed E-state index contributed by atoms with van der Waals surface area (Å²) in [6, 6.07) is 0. The van der Waals surface area contributed by atoms with Crippen molar-refractivity contribution in [2.45, 2.75) is 38.5 Å². The molecule has 0 spiro atoms. The van der Waals surface area contributed by atoms with E-state index in [1.807, 2.05) is 4.90 Å². The fraction of sp³-hybridized carbons (Fsp3) is 0.750. The summed E-state index contributed by atoms with van der Waals surface area (Å²) in [6.07, 6.45) is 6.67. The van der Waals surface area contributed by atoms with E-state index in [1.54, 1.807) is 0 Å². The Bertz CT molecular complexity index is 243. The van der Waals surface area contributed by atoms with Gasteiger partial charge in [-0.25, -0.2) is 0 Å². The zero-order chi connectivity index (χ0) is 9.97. The van der Waals surface area contributed by atoms with Crippen LogP contribution in [0.15, 0.2) is 12.2 Å². The van der Waals surface area contributed by atoms with Gasteiger partial charge in [-0.15, -0.1) is 0 Å². The lowest BCUT2D eigenvalue weighted by molar-refractivity contribution is -0.135. The summed E-state index contributed by atoms with van der Waals surface area (Å²) in [7, 11) is 0. The summed E-state index contributed by atoms with van der Waals surface area (Å²) in [5.41, 5.74) is 1.35. The van der Waals surface area contributed by atoms with Gasteiger partial charge in [0.25, 0.3) is 0 Å². The van der Waals surface area contributed by atoms with Crippen molar-refractivity contribution in [2.24, 2.45) is 5.92 Å². The summed E-state index contributed by atoms with van der Waals surface area (Å²) in [5, 5.41) is 0. The maximum absolute atomic E-state index is 11.7. The molecule has 1 aliphatic carbocycles. The Morgan fingerprint density at radius 2 is 2.21 bits per heavy atom. The summed E-state index contributed by atoms with van der Waals surface area (Å²) in [4.78, 5) is 13.7. The van der Waals surface area contributed by atoms with E-state index in [1.165, 1.54) is 31.3 Å². The molecule has 1 heterocycles. The van der Waals surface area contributed by atoms with Crippen molar-refractivity contribution in [3.8, 4) is 0 Å². The maximum atomic E-state index is 11.7. The maximum Gasteiger partial charge on any atom is 0.222 e. The van der Waals surface area contributed by atoms with Gasteiger partial charge in [0.2, 0.25) is 5.91 Å². The summed E-state index contributed by atoms with van der Waals surface area (Å²) in [6.45, 7) is 6.01. The third kappa shape index (κ3) is 2.17. The number of likely N-dealkylation sites (tertiary alicyclic amines) is 1.